The smallest absolute Gasteiger partial charge is 0.137 e. The number of benzene rings is 2. The van der Waals surface area contributed by atoms with E-state index in [1.807, 2.05) is 24.3 Å². The third kappa shape index (κ3) is 4.68. The van der Waals surface area contributed by atoms with E-state index in [-0.39, 0.29) is 0 Å². The van der Waals surface area contributed by atoms with Crippen LogP contribution in [-0.4, -0.2) is 40.7 Å². The summed E-state index contributed by atoms with van der Waals surface area (Å²) in [6.07, 6.45) is 5.81. The molecule has 0 atom stereocenters. The molecule has 1 aliphatic heterocycles. The highest BCUT2D eigenvalue weighted by atomic mass is 35.5. The Morgan fingerprint density at radius 3 is 2.57 bits per heavy atom. The summed E-state index contributed by atoms with van der Waals surface area (Å²) in [4.78, 5) is 7.48. The van der Waals surface area contributed by atoms with Crippen molar-refractivity contribution in [3.05, 3.63) is 59.4 Å². The highest BCUT2D eigenvalue weighted by Gasteiger charge is 2.13. The van der Waals surface area contributed by atoms with Gasteiger partial charge in [0, 0.05) is 13.0 Å². The average Bonchev–Trinajstić information content (AvgIpc) is 3.35. The van der Waals surface area contributed by atoms with Crippen LogP contribution in [0.15, 0.2) is 48.5 Å². The molecule has 3 aromatic rings. The molecule has 0 radical (unpaired) electrons. The number of ether oxygens (including phenoxy) is 1. The molecule has 148 valence electrons. The third-order valence-corrected chi connectivity index (χ3v) is 5.74. The standard InChI is InChI=1S/C23H28ClN3O/c24-19-9-1-4-12-22(19)28-18-8-17-27-21-11-3-2-10-20(21)25-23(27)13-7-16-26-14-5-6-15-26/h1-4,9-12H,5-8,13-18H2. The van der Waals surface area contributed by atoms with Crippen LogP contribution in [0.5, 0.6) is 5.75 Å². The van der Waals surface area contributed by atoms with E-state index in [1.165, 1.54) is 50.2 Å². The van der Waals surface area contributed by atoms with Gasteiger partial charge in [0.05, 0.1) is 22.7 Å². The first-order chi connectivity index (χ1) is 13.8. The summed E-state index contributed by atoms with van der Waals surface area (Å²) in [7, 11) is 0. The van der Waals surface area contributed by atoms with Gasteiger partial charge in [-0.25, -0.2) is 4.98 Å². The van der Waals surface area contributed by atoms with Crippen LogP contribution in [0.4, 0.5) is 0 Å². The number of aryl methyl sites for hydroxylation is 2. The van der Waals surface area contributed by atoms with Gasteiger partial charge in [-0.05, 0) is 69.6 Å². The van der Waals surface area contributed by atoms with E-state index in [1.54, 1.807) is 0 Å². The molecule has 4 nitrogen and oxygen atoms in total. The molecule has 1 aromatic heterocycles. The molecule has 0 bridgehead atoms. The van der Waals surface area contributed by atoms with E-state index >= 15 is 0 Å². The van der Waals surface area contributed by atoms with E-state index in [4.69, 9.17) is 21.3 Å². The van der Waals surface area contributed by atoms with Crippen LogP contribution >= 0.6 is 11.6 Å². The van der Waals surface area contributed by atoms with E-state index in [0.29, 0.717) is 11.6 Å². The van der Waals surface area contributed by atoms with Gasteiger partial charge >= 0.3 is 0 Å². The van der Waals surface area contributed by atoms with Crippen molar-refractivity contribution in [1.82, 2.24) is 14.5 Å². The van der Waals surface area contributed by atoms with Crippen LogP contribution in [-0.2, 0) is 13.0 Å². The van der Waals surface area contributed by atoms with Crippen molar-refractivity contribution in [2.24, 2.45) is 0 Å². The minimum Gasteiger partial charge on any atom is -0.492 e. The summed E-state index contributed by atoms with van der Waals surface area (Å²) >= 11 is 6.17. The normalized spacial score (nSPS) is 14.8. The maximum Gasteiger partial charge on any atom is 0.137 e. The van der Waals surface area contributed by atoms with Gasteiger partial charge in [-0.15, -0.1) is 0 Å². The van der Waals surface area contributed by atoms with Crippen LogP contribution in [0.1, 0.15) is 31.5 Å². The molecule has 0 aliphatic carbocycles. The van der Waals surface area contributed by atoms with Crippen molar-refractivity contribution in [1.29, 1.82) is 0 Å². The molecule has 5 heteroatoms. The molecule has 2 aromatic carbocycles. The zero-order valence-corrected chi connectivity index (χ0v) is 17.1. The zero-order chi connectivity index (χ0) is 19.2. The van der Waals surface area contributed by atoms with Crippen molar-refractivity contribution in [3.63, 3.8) is 0 Å². The fraction of sp³-hybridized carbons (Fsp3) is 0.435. The molecular weight excluding hydrogens is 370 g/mol. The SMILES string of the molecule is Clc1ccccc1OCCCn1c(CCCN2CCCC2)nc2ccccc21. The van der Waals surface area contributed by atoms with Crippen LogP contribution in [0.25, 0.3) is 11.0 Å². The van der Waals surface area contributed by atoms with Crippen LogP contribution in [0.3, 0.4) is 0 Å². The molecule has 1 fully saturated rings. The minimum atomic E-state index is 0.642. The van der Waals surface area contributed by atoms with Gasteiger partial charge in [-0.1, -0.05) is 35.9 Å². The monoisotopic (exact) mass is 397 g/mol. The Bertz CT molecular complexity index is 902. The lowest BCUT2D eigenvalue weighted by atomic mass is 10.2. The summed E-state index contributed by atoms with van der Waals surface area (Å²) in [6.45, 7) is 5.25. The average molecular weight is 398 g/mol. The van der Waals surface area contributed by atoms with E-state index in [9.17, 15) is 0 Å². The van der Waals surface area contributed by atoms with E-state index in [0.717, 1.165) is 30.7 Å². The van der Waals surface area contributed by atoms with Crippen molar-refractivity contribution in [2.45, 2.75) is 38.6 Å². The number of aromatic nitrogens is 2. The van der Waals surface area contributed by atoms with E-state index < -0.39 is 0 Å². The zero-order valence-electron chi connectivity index (χ0n) is 16.3. The topological polar surface area (TPSA) is 30.3 Å². The Balaban J connectivity index is 1.37. The maximum absolute atomic E-state index is 6.17. The lowest BCUT2D eigenvalue weighted by Crippen LogP contribution is -2.21. The largest absolute Gasteiger partial charge is 0.492 e. The predicted molar refractivity (Wildman–Crippen MR) is 115 cm³/mol. The number of fused-ring (bicyclic) bond motifs is 1. The molecule has 0 saturated carbocycles. The Morgan fingerprint density at radius 1 is 0.929 bits per heavy atom. The first-order valence-corrected chi connectivity index (χ1v) is 10.7. The van der Waals surface area contributed by atoms with Crippen LogP contribution in [0.2, 0.25) is 5.02 Å². The molecule has 0 N–H and O–H groups in total. The number of rotatable bonds is 9. The lowest BCUT2D eigenvalue weighted by molar-refractivity contribution is 0.301. The molecule has 1 saturated heterocycles. The molecule has 1 aliphatic rings. The number of para-hydroxylation sites is 3. The highest BCUT2D eigenvalue weighted by molar-refractivity contribution is 6.32. The number of nitrogens with zero attached hydrogens (tertiary/aromatic N) is 3. The van der Waals surface area contributed by atoms with Gasteiger partial charge in [0.25, 0.3) is 0 Å². The first kappa shape index (κ1) is 19.3. The number of likely N-dealkylation sites (tertiary alicyclic amines) is 1. The van der Waals surface area contributed by atoms with Gasteiger partial charge in [-0.2, -0.15) is 0 Å². The van der Waals surface area contributed by atoms with Crippen LogP contribution < -0.4 is 4.74 Å². The highest BCUT2D eigenvalue weighted by Crippen LogP contribution is 2.23. The Morgan fingerprint density at radius 2 is 1.71 bits per heavy atom. The summed E-state index contributed by atoms with van der Waals surface area (Å²) < 4.78 is 8.23. The van der Waals surface area contributed by atoms with Crippen molar-refractivity contribution >= 4 is 22.6 Å². The second-order valence-electron chi connectivity index (χ2n) is 7.45. The molecule has 28 heavy (non-hydrogen) atoms. The molecule has 2 heterocycles. The third-order valence-electron chi connectivity index (χ3n) is 5.43. The van der Waals surface area contributed by atoms with Gasteiger partial charge < -0.3 is 14.2 Å². The summed E-state index contributed by atoms with van der Waals surface area (Å²) in [6, 6.07) is 16.1. The molecule has 0 amide bonds. The fourth-order valence-corrected chi connectivity index (χ4v) is 4.19. The molecule has 4 rings (SSSR count). The molecule has 0 spiro atoms. The van der Waals surface area contributed by atoms with Crippen LogP contribution in [0, 0.1) is 0 Å². The second kappa shape index (κ2) is 9.44. The van der Waals surface area contributed by atoms with Crippen molar-refractivity contribution in [3.8, 4) is 5.75 Å². The van der Waals surface area contributed by atoms with Crippen molar-refractivity contribution < 1.29 is 4.74 Å². The summed E-state index contributed by atoms with van der Waals surface area (Å²) in [5, 5.41) is 0.665. The van der Waals surface area contributed by atoms with Crippen molar-refractivity contribution in [2.75, 3.05) is 26.2 Å². The number of hydrogen-bond donors (Lipinski definition) is 0. The van der Waals surface area contributed by atoms with Gasteiger partial charge in [0.1, 0.15) is 11.6 Å². The van der Waals surface area contributed by atoms with E-state index in [2.05, 4.69) is 33.7 Å². The predicted octanol–water partition coefficient (Wildman–Crippen LogP) is 5.19. The molecule has 0 unspecified atom stereocenters. The number of hydrogen-bond acceptors (Lipinski definition) is 3. The van der Waals surface area contributed by atoms with Gasteiger partial charge in [0.15, 0.2) is 0 Å². The number of imidazole rings is 1. The second-order valence-corrected chi connectivity index (χ2v) is 7.86. The Kier molecular flexibility index (Phi) is 6.50. The maximum atomic E-state index is 6.17. The lowest BCUT2D eigenvalue weighted by Gasteiger charge is -2.15. The van der Waals surface area contributed by atoms with Gasteiger partial charge in [-0.3, -0.25) is 0 Å². The summed E-state index contributed by atoms with van der Waals surface area (Å²) in [5.74, 6) is 1.95. The number of halogens is 1. The first-order valence-electron chi connectivity index (χ1n) is 10.3. The fourth-order valence-electron chi connectivity index (χ4n) is 4.00. The Labute approximate surface area is 172 Å². The summed E-state index contributed by atoms with van der Waals surface area (Å²) in [5.41, 5.74) is 2.31. The Hall–Kier alpha value is -2.04. The minimum absolute atomic E-state index is 0.642. The van der Waals surface area contributed by atoms with Gasteiger partial charge in [0.2, 0.25) is 0 Å². The molecular formula is C23H28ClN3O. The quantitative estimate of drug-likeness (QED) is 0.465.